The maximum Gasteiger partial charge on any atom is 0.231 e. The van der Waals surface area contributed by atoms with Gasteiger partial charge in [0, 0.05) is 30.2 Å². The zero-order valence-electron chi connectivity index (χ0n) is 9.99. The molecule has 0 aromatic heterocycles. The number of methoxy groups -OCH3 is 1. The third-order valence-electron chi connectivity index (χ3n) is 3.72. The van der Waals surface area contributed by atoms with E-state index < -0.39 is 0 Å². The molecule has 92 valence electrons. The minimum absolute atomic E-state index is 0.128. The van der Waals surface area contributed by atoms with Crippen molar-refractivity contribution in [2.45, 2.75) is 24.9 Å². The molecule has 1 aromatic carbocycles. The summed E-state index contributed by atoms with van der Waals surface area (Å²) in [6.07, 6.45) is 2.28. The molecule has 1 aliphatic heterocycles. The van der Waals surface area contributed by atoms with Gasteiger partial charge in [-0.1, -0.05) is 12.1 Å². The first-order valence-electron chi connectivity index (χ1n) is 5.92. The minimum Gasteiger partial charge on any atom is -0.453 e. The van der Waals surface area contributed by atoms with E-state index in [9.17, 15) is 0 Å². The fraction of sp³-hybridized carbons (Fsp3) is 0.538. The van der Waals surface area contributed by atoms with Crippen LogP contribution in [0.1, 0.15) is 24.0 Å². The Hall–Kier alpha value is -1.26. The average Bonchev–Trinajstić information content (AvgIpc) is 2.98. The molecule has 17 heavy (non-hydrogen) atoms. The van der Waals surface area contributed by atoms with Gasteiger partial charge in [-0.05, 0) is 12.8 Å². The van der Waals surface area contributed by atoms with E-state index in [2.05, 4.69) is 12.1 Å². The van der Waals surface area contributed by atoms with Crippen molar-refractivity contribution in [2.75, 3.05) is 20.4 Å². The van der Waals surface area contributed by atoms with Gasteiger partial charge in [0.1, 0.15) is 0 Å². The molecule has 1 saturated carbocycles. The molecule has 0 spiro atoms. The Morgan fingerprint density at radius 1 is 1.29 bits per heavy atom. The molecule has 1 fully saturated rings. The number of hydrogen-bond donors (Lipinski definition) is 1. The van der Waals surface area contributed by atoms with E-state index in [-0.39, 0.29) is 5.41 Å². The standard InChI is InChI=1S/C13H17NO3/c1-15-6-9-2-3-10(13(7-14)4-5-13)12-11(9)16-8-17-12/h2-3H,4-8,14H2,1H3. The Bertz CT molecular complexity index is 441. The second-order valence-corrected chi connectivity index (χ2v) is 4.75. The van der Waals surface area contributed by atoms with E-state index >= 15 is 0 Å². The zero-order valence-corrected chi connectivity index (χ0v) is 9.99. The molecule has 1 aliphatic carbocycles. The van der Waals surface area contributed by atoms with Gasteiger partial charge >= 0.3 is 0 Å². The molecular formula is C13H17NO3. The SMILES string of the molecule is COCc1ccc(C2(CN)CC2)c2c1OCO2. The summed E-state index contributed by atoms with van der Waals surface area (Å²) in [6, 6.07) is 4.17. The Morgan fingerprint density at radius 3 is 2.71 bits per heavy atom. The molecule has 3 rings (SSSR count). The van der Waals surface area contributed by atoms with Crippen LogP contribution >= 0.6 is 0 Å². The summed E-state index contributed by atoms with van der Waals surface area (Å²) in [5.74, 6) is 1.71. The van der Waals surface area contributed by atoms with Crippen LogP contribution < -0.4 is 15.2 Å². The van der Waals surface area contributed by atoms with Crippen LogP contribution in [0.5, 0.6) is 11.5 Å². The van der Waals surface area contributed by atoms with E-state index in [1.165, 1.54) is 5.56 Å². The van der Waals surface area contributed by atoms with Gasteiger partial charge in [0.15, 0.2) is 11.5 Å². The molecule has 4 heteroatoms. The molecule has 2 aliphatic rings. The van der Waals surface area contributed by atoms with Crippen molar-refractivity contribution in [1.29, 1.82) is 0 Å². The van der Waals surface area contributed by atoms with Gasteiger partial charge in [-0.2, -0.15) is 0 Å². The molecule has 1 heterocycles. The summed E-state index contributed by atoms with van der Waals surface area (Å²) in [6.45, 7) is 1.51. The van der Waals surface area contributed by atoms with Crippen molar-refractivity contribution < 1.29 is 14.2 Å². The Balaban J connectivity index is 2.05. The first-order valence-corrected chi connectivity index (χ1v) is 5.92. The smallest absolute Gasteiger partial charge is 0.231 e. The largest absolute Gasteiger partial charge is 0.453 e. The third kappa shape index (κ3) is 1.59. The van der Waals surface area contributed by atoms with Crippen LogP contribution in [-0.2, 0) is 16.8 Å². The highest BCUT2D eigenvalue weighted by Crippen LogP contribution is 2.54. The predicted molar refractivity (Wildman–Crippen MR) is 63.2 cm³/mol. The van der Waals surface area contributed by atoms with E-state index in [4.69, 9.17) is 19.9 Å². The van der Waals surface area contributed by atoms with Gasteiger partial charge in [-0.3, -0.25) is 0 Å². The minimum atomic E-state index is 0.128. The predicted octanol–water partition coefficient (Wildman–Crippen LogP) is 1.55. The molecule has 0 bridgehead atoms. The summed E-state index contributed by atoms with van der Waals surface area (Å²) < 4.78 is 16.3. The number of fused-ring (bicyclic) bond motifs is 1. The van der Waals surface area contributed by atoms with Gasteiger partial charge in [-0.15, -0.1) is 0 Å². The van der Waals surface area contributed by atoms with Crippen molar-refractivity contribution in [2.24, 2.45) is 5.73 Å². The van der Waals surface area contributed by atoms with Crippen LogP contribution in [0.15, 0.2) is 12.1 Å². The summed E-state index contributed by atoms with van der Waals surface area (Å²) in [4.78, 5) is 0. The summed E-state index contributed by atoms with van der Waals surface area (Å²) in [5, 5.41) is 0. The maximum absolute atomic E-state index is 5.87. The number of benzene rings is 1. The van der Waals surface area contributed by atoms with Crippen LogP contribution in [-0.4, -0.2) is 20.4 Å². The summed E-state index contributed by atoms with van der Waals surface area (Å²) in [5.41, 5.74) is 8.24. The lowest BCUT2D eigenvalue weighted by Crippen LogP contribution is -2.20. The quantitative estimate of drug-likeness (QED) is 0.860. The van der Waals surface area contributed by atoms with E-state index in [1.807, 2.05) is 0 Å². The van der Waals surface area contributed by atoms with Gasteiger partial charge < -0.3 is 19.9 Å². The summed E-state index contributed by atoms with van der Waals surface area (Å²) in [7, 11) is 1.68. The maximum atomic E-state index is 5.87. The monoisotopic (exact) mass is 235 g/mol. The zero-order chi connectivity index (χ0) is 11.9. The highest BCUT2D eigenvalue weighted by molar-refractivity contribution is 5.57. The molecule has 0 atom stereocenters. The van der Waals surface area contributed by atoms with Gasteiger partial charge in [0.25, 0.3) is 0 Å². The van der Waals surface area contributed by atoms with Crippen LogP contribution in [0.25, 0.3) is 0 Å². The Morgan fingerprint density at radius 2 is 2.06 bits per heavy atom. The van der Waals surface area contributed by atoms with Crippen molar-refractivity contribution >= 4 is 0 Å². The molecular weight excluding hydrogens is 218 g/mol. The molecule has 2 N–H and O–H groups in total. The van der Waals surface area contributed by atoms with Gasteiger partial charge in [-0.25, -0.2) is 0 Å². The third-order valence-corrected chi connectivity index (χ3v) is 3.72. The van der Waals surface area contributed by atoms with Gasteiger partial charge in [0.05, 0.1) is 6.61 Å². The first-order chi connectivity index (χ1) is 8.30. The molecule has 0 radical (unpaired) electrons. The van der Waals surface area contributed by atoms with E-state index in [0.29, 0.717) is 19.9 Å². The molecule has 4 nitrogen and oxygen atoms in total. The van der Waals surface area contributed by atoms with Crippen molar-refractivity contribution in [3.05, 3.63) is 23.3 Å². The lowest BCUT2D eigenvalue weighted by atomic mass is 9.93. The van der Waals surface area contributed by atoms with Crippen molar-refractivity contribution in [3.63, 3.8) is 0 Å². The Kier molecular flexibility index (Phi) is 2.49. The fourth-order valence-electron chi connectivity index (χ4n) is 2.47. The average molecular weight is 235 g/mol. The van der Waals surface area contributed by atoms with Crippen LogP contribution in [0, 0.1) is 0 Å². The first kappa shape index (κ1) is 10.9. The van der Waals surface area contributed by atoms with Gasteiger partial charge in [0.2, 0.25) is 6.79 Å². The van der Waals surface area contributed by atoms with Crippen LogP contribution in [0.2, 0.25) is 0 Å². The number of nitrogens with two attached hydrogens (primary N) is 1. The number of hydrogen-bond acceptors (Lipinski definition) is 4. The molecule has 0 unspecified atom stereocenters. The number of ether oxygens (including phenoxy) is 3. The van der Waals surface area contributed by atoms with Crippen molar-refractivity contribution in [1.82, 2.24) is 0 Å². The fourth-order valence-corrected chi connectivity index (χ4v) is 2.47. The Labute approximate surface area is 101 Å². The number of rotatable bonds is 4. The lowest BCUT2D eigenvalue weighted by molar-refractivity contribution is 0.162. The topological polar surface area (TPSA) is 53.7 Å². The van der Waals surface area contributed by atoms with E-state index in [1.54, 1.807) is 7.11 Å². The second-order valence-electron chi connectivity index (χ2n) is 4.75. The molecule has 0 saturated heterocycles. The second kappa shape index (κ2) is 3.89. The lowest BCUT2D eigenvalue weighted by Gasteiger charge is -2.16. The molecule has 0 amide bonds. The van der Waals surface area contributed by atoms with Crippen LogP contribution in [0.3, 0.4) is 0 Å². The summed E-state index contributed by atoms with van der Waals surface area (Å²) >= 11 is 0. The highest BCUT2D eigenvalue weighted by Gasteiger charge is 2.46. The van der Waals surface area contributed by atoms with Crippen LogP contribution in [0.4, 0.5) is 0 Å². The van der Waals surface area contributed by atoms with Crippen molar-refractivity contribution in [3.8, 4) is 11.5 Å². The molecule has 1 aromatic rings. The highest BCUT2D eigenvalue weighted by atomic mass is 16.7. The normalized spacial score (nSPS) is 19.4. The van der Waals surface area contributed by atoms with E-state index in [0.717, 1.165) is 29.9 Å².